The first-order chi connectivity index (χ1) is 6.27. The van der Waals surface area contributed by atoms with Crippen LogP contribution in [0.25, 0.3) is 0 Å². The molecule has 72 valence electrons. The highest BCUT2D eigenvalue weighted by molar-refractivity contribution is 5.15. The SMILES string of the molecule is CNC1(c2nc(N)no2)CCCC1. The number of nitrogens with zero attached hydrogens (tertiary/aromatic N) is 2. The van der Waals surface area contributed by atoms with Crippen LogP contribution in [-0.4, -0.2) is 17.2 Å². The van der Waals surface area contributed by atoms with Crippen molar-refractivity contribution in [1.82, 2.24) is 15.5 Å². The van der Waals surface area contributed by atoms with Crippen molar-refractivity contribution < 1.29 is 4.52 Å². The first-order valence-corrected chi connectivity index (χ1v) is 4.55. The molecule has 0 saturated heterocycles. The molecule has 1 aromatic heterocycles. The van der Waals surface area contributed by atoms with E-state index in [-0.39, 0.29) is 11.5 Å². The van der Waals surface area contributed by atoms with Gasteiger partial charge >= 0.3 is 0 Å². The van der Waals surface area contributed by atoms with E-state index in [1.807, 2.05) is 7.05 Å². The van der Waals surface area contributed by atoms with Gasteiger partial charge in [0.1, 0.15) is 0 Å². The van der Waals surface area contributed by atoms with E-state index in [0.717, 1.165) is 12.8 Å². The molecule has 2 rings (SSSR count). The lowest BCUT2D eigenvalue weighted by Crippen LogP contribution is -2.37. The van der Waals surface area contributed by atoms with Gasteiger partial charge in [-0.15, -0.1) is 0 Å². The summed E-state index contributed by atoms with van der Waals surface area (Å²) >= 11 is 0. The van der Waals surface area contributed by atoms with E-state index in [1.54, 1.807) is 0 Å². The highest BCUT2D eigenvalue weighted by atomic mass is 16.5. The number of hydrogen-bond donors (Lipinski definition) is 2. The van der Waals surface area contributed by atoms with Crippen molar-refractivity contribution in [3.05, 3.63) is 5.89 Å². The van der Waals surface area contributed by atoms with Crippen molar-refractivity contribution >= 4 is 5.95 Å². The molecule has 1 fully saturated rings. The summed E-state index contributed by atoms with van der Waals surface area (Å²) in [5.74, 6) is 0.849. The zero-order valence-corrected chi connectivity index (χ0v) is 7.71. The lowest BCUT2D eigenvalue weighted by Gasteiger charge is -2.23. The van der Waals surface area contributed by atoms with Crippen LogP contribution in [-0.2, 0) is 5.54 Å². The molecule has 1 aliphatic rings. The molecule has 1 aliphatic carbocycles. The number of nitrogens with two attached hydrogens (primary N) is 1. The summed E-state index contributed by atoms with van der Waals surface area (Å²) in [6, 6.07) is 0. The third kappa shape index (κ3) is 1.29. The number of nitrogens with one attached hydrogen (secondary N) is 1. The zero-order chi connectivity index (χ0) is 9.31. The Labute approximate surface area is 76.7 Å². The van der Waals surface area contributed by atoms with Crippen LogP contribution in [0.4, 0.5) is 5.95 Å². The summed E-state index contributed by atoms with van der Waals surface area (Å²) in [4.78, 5) is 4.07. The highest BCUT2D eigenvalue weighted by Gasteiger charge is 2.39. The Morgan fingerprint density at radius 3 is 2.62 bits per heavy atom. The minimum absolute atomic E-state index is 0.120. The van der Waals surface area contributed by atoms with Crippen LogP contribution in [0.15, 0.2) is 4.52 Å². The second-order valence-electron chi connectivity index (χ2n) is 3.50. The van der Waals surface area contributed by atoms with E-state index in [0.29, 0.717) is 5.89 Å². The Morgan fingerprint density at radius 2 is 2.15 bits per heavy atom. The van der Waals surface area contributed by atoms with Gasteiger partial charge in [-0.05, 0) is 25.0 Å². The van der Waals surface area contributed by atoms with Gasteiger partial charge in [0.25, 0.3) is 5.95 Å². The summed E-state index contributed by atoms with van der Waals surface area (Å²) < 4.78 is 5.09. The Morgan fingerprint density at radius 1 is 1.46 bits per heavy atom. The third-order valence-electron chi connectivity index (χ3n) is 2.79. The predicted octanol–water partition coefficient (Wildman–Crippen LogP) is 0.640. The van der Waals surface area contributed by atoms with Crippen molar-refractivity contribution in [1.29, 1.82) is 0 Å². The van der Waals surface area contributed by atoms with Gasteiger partial charge < -0.3 is 15.6 Å². The first kappa shape index (κ1) is 8.50. The van der Waals surface area contributed by atoms with Crippen LogP contribution in [0.1, 0.15) is 31.6 Å². The Hall–Kier alpha value is -1.10. The van der Waals surface area contributed by atoms with Gasteiger partial charge in [0.2, 0.25) is 5.89 Å². The largest absolute Gasteiger partial charge is 0.365 e. The lowest BCUT2D eigenvalue weighted by atomic mass is 9.98. The second-order valence-corrected chi connectivity index (χ2v) is 3.50. The van der Waals surface area contributed by atoms with Gasteiger partial charge in [0.15, 0.2) is 0 Å². The quantitative estimate of drug-likeness (QED) is 0.701. The van der Waals surface area contributed by atoms with Crippen LogP contribution in [0.3, 0.4) is 0 Å². The standard InChI is InChI=1S/C8H14N4O/c1-10-8(4-2-3-5-8)6-11-7(9)12-13-6/h10H,2-5H2,1H3,(H2,9,12). The Bertz CT molecular complexity index is 290. The lowest BCUT2D eigenvalue weighted by molar-refractivity contribution is 0.248. The van der Waals surface area contributed by atoms with E-state index >= 15 is 0 Å². The average Bonchev–Trinajstić information content (AvgIpc) is 2.73. The van der Waals surface area contributed by atoms with Crippen molar-refractivity contribution in [2.24, 2.45) is 0 Å². The van der Waals surface area contributed by atoms with Crippen LogP contribution in [0.2, 0.25) is 0 Å². The molecule has 0 spiro atoms. The third-order valence-corrected chi connectivity index (χ3v) is 2.79. The molecule has 0 radical (unpaired) electrons. The molecule has 1 saturated carbocycles. The van der Waals surface area contributed by atoms with Gasteiger partial charge in [-0.3, -0.25) is 0 Å². The number of nitrogen functional groups attached to an aromatic ring is 1. The van der Waals surface area contributed by atoms with Crippen molar-refractivity contribution in [2.45, 2.75) is 31.2 Å². The molecule has 0 aromatic carbocycles. The zero-order valence-electron chi connectivity index (χ0n) is 7.71. The first-order valence-electron chi connectivity index (χ1n) is 4.55. The maximum absolute atomic E-state index is 5.42. The van der Waals surface area contributed by atoms with Crippen LogP contribution in [0, 0.1) is 0 Å². The maximum Gasteiger partial charge on any atom is 0.260 e. The van der Waals surface area contributed by atoms with Crippen molar-refractivity contribution in [3.8, 4) is 0 Å². The van der Waals surface area contributed by atoms with Crippen molar-refractivity contribution in [2.75, 3.05) is 12.8 Å². The minimum atomic E-state index is -0.120. The van der Waals surface area contributed by atoms with Gasteiger partial charge in [-0.1, -0.05) is 12.8 Å². The van der Waals surface area contributed by atoms with E-state index in [2.05, 4.69) is 15.5 Å². The molecule has 13 heavy (non-hydrogen) atoms. The smallest absolute Gasteiger partial charge is 0.260 e. The molecule has 1 aromatic rings. The molecule has 0 aliphatic heterocycles. The van der Waals surface area contributed by atoms with Gasteiger partial charge in [0, 0.05) is 0 Å². The molecule has 0 atom stereocenters. The maximum atomic E-state index is 5.42. The number of anilines is 1. The van der Waals surface area contributed by atoms with Gasteiger partial charge in [-0.25, -0.2) is 0 Å². The van der Waals surface area contributed by atoms with Gasteiger partial charge in [0.05, 0.1) is 5.54 Å². The number of hydrogen-bond acceptors (Lipinski definition) is 5. The molecule has 5 nitrogen and oxygen atoms in total. The summed E-state index contributed by atoms with van der Waals surface area (Å²) in [6.07, 6.45) is 4.49. The highest BCUT2D eigenvalue weighted by Crippen LogP contribution is 2.37. The molecule has 0 bridgehead atoms. The van der Waals surface area contributed by atoms with E-state index < -0.39 is 0 Å². The van der Waals surface area contributed by atoms with Crippen LogP contribution < -0.4 is 11.1 Å². The topological polar surface area (TPSA) is 77.0 Å². The summed E-state index contributed by atoms with van der Waals surface area (Å²) in [5.41, 5.74) is 5.30. The molecule has 5 heteroatoms. The Balaban J connectivity index is 2.30. The normalized spacial score (nSPS) is 20.7. The minimum Gasteiger partial charge on any atom is -0.365 e. The summed E-state index contributed by atoms with van der Waals surface area (Å²) in [6.45, 7) is 0. The van der Waals surface area contributed by atoms with Crippen LogP contribution in [0.5, 0.6) is 0 Å². The second kappa shape index (κ2) is 2.99. The molecule has 1 heterocycles. The summed E-state index contributed by atoms with van der Waals surface area (Å²) in [5, 5.41) is 6.86. The number of aromatic nitrogens is 2. The Kier molecular flexibility index (Phi) is 1.95. The van der Waals surface area contributed by atoms with Crippen LogP contribution >= 0.6 is 0 Å². The molecular formula is C8H14N4O. The average molecular weight is 182 g/mol. The molecule has 0 amide bonds. The molecular weight excluding hydrogens is 168 g/mol. The monoisotopic (exact) mass is 182 g/mol. The van der Waals surface area contributed by atoms with Gasteiger partial charge in [-0.2, -0.15) is 4.98 Å². The fraction of sp³-hybridized carbons (Fsp3) is 0.750. The van der Waals surface area contributed by atoms with E-state index in [4.69, 9.17) is 10.3 Å². The molecule has 3 N–H and O–H groups in total. The summed E-state index contributed by atoms with van der Waals surface area (Å²) in [7, 11) is 1.92. The van der Waals surface area contributed by atoms with E-state index in [1.165, 1.54) is 12.8 Å². The van der Waals surface area contributed by atoms with E-state index in [9.17, 15) is 0 Å². The van der Waals surface area contributed by atoms with Crippen molar-refractivity contribution in [3.63, 3.8) is 0 Å². The molecule has 0 unspecified atom stereocenters. The predicted molar refractivity (Wildman–Crippen MR) is 47.9 cm³/mol. The fourth-order valence-electron chi connectivity index (χ4n) is 1.98. The fourth-order valence-corrected chi connectivity index (χ4v) is 1.98. The number of rotatable bonds is 2.